The number of hydrogen-bond acceptors (Lipinski definition) is 7. The van der Waals surface area contributed by atoms with Gasteiger partial charge in [-0.05, 0) is 11.6 Å². The number of nitrogens with two attached hydrogens (primary N) is 1. The van der Waals surface area contributed by atoms with E-state index in [9.17, 15) is 14.7 Å². The van der Waals surface area contributed by atoms with E-state index in [0.717, 1.165) is 6.07 Å². The summed E-state index contributed by atoms with van der Waals surface area (Å²) in [6, 6.07) is 8.23. The fourth-order valence-corrected chi connectivity index (χ4v) is 3.21. The number of aliphatic hydroxyl groups excluding tert-OH is 1. The maximum absolute atomic E-state index is 12.3. The first-order valence-electron chi connectivity index (χ1n) is 7.26. The van der Waals surface area contributed by atoms with Crippen LogP contribution in [0.4, 0.5) is 0 Å². The van der Waals surface area contributed by atoms with Crippen molar-refractivity contribution in [2.75, 3.05) is 7.11 Å². The van der Waals surface area contributed by atoms with Crippen LogP contribution in [0.15, 0.2) is 55.5 Å². The van der Waals surface area contributed by atoms with Crippen LogP contribution >= 0.6 is 15.9 Å². The normalized spacial score (nSPS) is 16.2. The number of rotatable bonds is 3. The third-order valence-electron chi connectivity index (χ3n) is 3.79. The van der Waals surface area contributed by atoms with Gasteiger partial charge in [-0.1, -0.05) is 34.1 Å². The minimum atomic E-state index is -0.828. The molecule has 25 heavy (non-hydrogen) atoms. The Hall–Kier alpha value is -2.58. The molecular formula is C17H14BrNO6. The molecule has 8 heteroatoms. The van der Waals surface area contributed by atoms with Crippen LogP contribution in [-0.2, 0) is 16.1 Å². The fourth-order valence-electron chi connectivity index (χ4n) is 2.69. The van der Waals surface area contributed by atoms with E-state index in [2.05, 4.69) is 15.9 Å². The van der Waals surface area contributed by atoms with Gasteiger partial charge in [0.1, 0.15) is 17.9 Å². The standard InChI is InChI=1S/C17H14BrNO6/c1-23-17(22)13-12(9-4-2-3-5-10(9)18)15-14(25-16(13)19)11(21)6-8(7-20)24-15/h2-6,12,20H,7,19H2,1H3/t12-/m1/s1. The number of benzene rings is 1. The minimum Gasteiger partial charge on any atom is -0.465 e. The Morgan fingerprint density at radius 3 is 2.76 bits per heavy atom. The quantitative estimate of drug-likeness (QED) is 0.745. The predicted octanol–water partition coefficient (Wildman–Crippen LogP) is 1.76. The summed E-state index contributed by atoms with van der Waals surface area (Å²) in [5.74, 6) is -1.76. The lowest BCUT2D eigenvalue weighted by molar-refractivity contribution is -0.136. The summed E-state index contributed by atoms with van der Waals surface area (Å²) < 4.78 is 16.5. The van der Waals surface area contributed by atoms with E-state index in [-0.39, 0.29) is 28.7 Å². The number of ether oxygens (including phenoxy) is 2. The summed E-state index contributed by atoms with van der Waals surface area (Å²) in [6.45, 7) is -0.474. The molecule has 1 aromatic carbocycles. The summed E-state index contributed by atoms with van der Waals surface area (Å²) in [4.78, 5) is 24.6. The zero-order chi connectivity index (χ0) is 18.1. The Balaban J connectivity index is 2.34. The summed E-state index contributed by atoms with van der Waals surface area (Å²) in [6.07, 6.45) is 0. The molecule has 2 heterocycles. The van der Waals surface area contributed by atoms with Crippen molar-refractivity contribution in [1.82, 2.24) is 0 Å². The summed E-state index contributed by atoms with van der Waals surface area (Å²) in [5, 5.41) is 9.34. The van der Waals surface area contributed by atoms with Crippen molar-refractivity contribution in [3.8, 4) is 5.75 Å². The number of methoxy groups -OCH3 is 1. The molecule has 1 aromatic heterocycles. The van der Waals surface area contributed by atoms with E-state index in [1.807, 2.05) is 0 Å². The lowest BCUT2D eigenvalue weighted by Crippen LogP contribution is -2.30. The van der Waals surface area contributed by atoms with Gasteiger partial charge in [0, 0.05) is 10.5 Å². The van der Waals surface area contributed by atoms with Crippen LogP contribution in [-0.4, -0.2) is 18.2 Å². The van der Waals surface area contributed by atoms with Gasteiger partial charge >= 0.3 is 5.97 Å². The highest BCUT2D eigenvalue weighted by molar-refractivity contribution is 9.10. The Morgan fingerprint density at radius 2 is 2.12 bits per heavy atom. The Labute approximate surface area is 150 Å². The highest BCUT2D eigenvalue weighted by Crippen LogP contribution is 2.43. The first-order valence-corrected chi connectivity index (χ1v) is 8.05. The Morgan fingerprint density at radius 1 is 1.40 bits per heavy atom. The van der Waals surface area contributed by atoms with Crippen molar-refractivity contribution in [3.05, 3.63) is 73.6 Å². The third kappa shape index (κ3) is 2.94. The summed E-state index contributed by atoms with van der Waals surface area (Å²) in [5.41, 5.74) is 6.04. The molecule has 0 saturated carbocycles. The topological polar surface area (TPSA) is 112 Å². The largest absolute Gasteiger partial charge is 0.465 e. The Bertz CT molecular complexity index is 933. The van der Waals surface area contributed by atoms with E-state index in [1.54, 1.807) is 24.3 Å². The number of esters is 1. The maximum Gasteiger partial charge on any atom is 0.340 e. The molecule has 130 valence electrons. The second kappa shape index (κ2) is 6.73. The summed E-state index contributed by atoms with van der Waals surface area (Å²) >= 11 is 3.43. The van der Waals surface area contributed by atoms with Crippen molar-refractivity contribution < 1.29 is 23.8 Å². The van der Waals surface area contributed by atoms with Crippen molar-refractivity contribution >= 4 is 21.9 Å². The molecule has 0 spiro atoms. The van der Waals surface area contributed by atoms with Crippen LogP contribution in [0, 0.1) is 0 Å². The zero-order valence-electron chi connectivity index (χ0n) is 13.1. The first-order chi connectivity index (χ1) is 12.0. The van der Waals surface area contributed by atoms with E-state index >= 15 is 0 Å². The van der Waals surface area contributed by atoms with Crippen molar-refractivity contribution in [3.63, 3.8) is 0 Å². The number of carbonyl (C=O) groups is 1. The lowest BCUT2D eigenvalue weighted by Gasteiger charge is -2.27. The molecular weight excluding hydrogens is 394 g/mol. The van der Waals surface area contributed by atoms with Crippen LogP contribution in [0.5, 0.6) is 5.75 Å². The smallest absolute Gasteiger partial charge is 0.340 e. The highest BCUT2D eigenvalue weighted by atomic mass is 79.9. The molecule has 1 aliphatic heterocycles. The van der Waals surface area contributed by atoms with Gasteiger partial charge in [-0.3, -0.25) is 4.79 Å². The average Bonchev–Trinajstić information content (AvgIpc) is 2.61. The van der Waals surface area contributed by atoms with Gasteiger partial charge in [0.2, 0.25) is 17.1 Å². The molecule has 3 rings (SSSR count). The van der Waals surface area contributed by atoms with E-state index in [1.165, 1.54) is 7.11 Å². The molecule has 0 bridgehead atoms. The molecule has 0 fully saturated rings. The van der Waals surface area contributed by atoms with Gasteiger partial charge in [0.05, 0.1) is 13.0 Å². The molecule has 0 unspecified atom stereocenters. The highest BCUT2D eigenvalue weighted by Gasteiger charge is 2.39. The van der Waals surface area contributed by atoms with Gasteiger partial charge in [-0.2, -0.15) is 0 Å². The monoisotopic (exact) mass is 407 g/mol. The zero-order valence-corrected chi connectivity index (χ0v) is 14.7. The third-order valence-corrected chi connectivity index (χ3v) is 4.51. The summed E-state index contributed by atoms with van der Waals surface area (Å²) in [7, 11) is 1.22. The molecule has 2 aromatic rings. The van der Waals surface area contributed by atoms with Crippen LogP contribution in [0.2, 0.25) is 0 Å². The van der Waals surface area contributed by atoms with Gasteiger partial charge < -0.3 is 24.7 Å². The second-order valence-electron chi connectivity index (χ2n) is 5.25. The van der Waals surface area contributed by atoms with Gasteiger partial charge in [0.15, 0.2) is 5.76 Å². The fraction of sp³-hybridized carbons (Fsp3) is 0.176. The van der Waals surface area contributed by atoms with Gasteiger partial charge in [-0.25, -0.2) is 4.79 Å². The number of aliphatic hydroxyl groups is 1. The molecule has 1 atom stereocenters. The number of hydrogen-bond donors (Lipinski definition) is 2. The van der Waals surface area contributed by atoms with Crippen LogP contribution in [0.25, 0.3) is 0 Å². The van der Waals surface area contributed by atoms with E-state index < -0.39 is 23.9 Å². The maximum atomic E-state index is 12.3. The molecule has 7 nitrogen and oxygen atoms in total. The predicted molar refractivity (Wildman–Crippen MR) is 90.7 cm³/mol. The van der Waals surface area contributed by atoms with E-state index in [0.29, 0.717) is 10.0 Å². The molecule has 0 radical (unpaired) electrons. The number of carbonyl (C=O) groups excluding carboxylic acids is 1. The Kier molecular flexibility index (Phi) is 4.65. The van der Waals surface area contributed by atoms with Crippen molar-refractivity contribution in [1.29, 1.82) is 0 Å². The molecule has 0 saturated heterocycles. The van der Waals surface area contributed by atoms with Crippen LogP contribution in [0.3, 0.4) is 0 Å². The molecule has 3 N–H and O–H groups in total. The molecule has 0 aliphatic carbocycles. The number of halogens is 1. The number of fused-ring (bicyclic) bond motifs is 1. The lowest BCUT2D eigenvalue weighted by atomic mass is 9.86. The average molecular weight is 408 g/mol. The SMILES string of the molecule is COC(=O)C1=C(N)Oc2c(oc(CO)cc2=O)[C@@H]1c1ccccc1Br. The molecule has 0 amide bonds. The van der Waals surface area contributed by atoms with Gasteiger partial charge in [0.25, 0.3) is 0 Å². The van der Waals surface area contributed by atoms with Crippen molar-refractivity contribution in [2.24, 2.45) is 5.73 Å². The van der Waals surface area contributed by atoms with Crippen LogP contribution in [0.1, 0.15) is 23.0 Å². The minimum absolute atomic E-state index is 0.0140. The van der Waals surface area contributed by atoms with E-state index in [4.69, 9.17) is 19.6 Å². The van der Waals surface area contributed by atoms with Crippen molar-refractivity contribution in [2.45, 2.75) is 12.5 Å². The van der Waals surface area contributed by atoms with Crippen LogP contribution < -0.4 is 15.9 Å². The second-order valence-corrected chi connectivity index (χ2v) is 6.11. The first kappa shape index (κ1) is 17.2. The molecule has 1 aliphatic rings. The van der Waals surface area contributed by atoms with Gasteiger partial charge in [-0.15, -0.1) is 0 Å².